The zero-order chi connectivity index (χ0) is 11.2. The fraction of sp³-hybridized carbons (Fsp3) is 0.571. The minimum absolute atomic E-state index is 0.251. The number of hydrogen-bond donors (Lipinski definition) is 1. The second kappa shape index (κ2) is 3.57. The first-order valence-corrected chi connectivity index (χ1v) is 6.18. The van der Waals surface area contributed by atoms with Crippen molar-refractivity contribution in [1.29, 1.82) is 0 Å². The van der Waals surface area contributed by atoms with Crippen LogP contribution in [0.15, 0.2) is 18.2 Å². The summed E-state index contributed by atoms with van der Waals surface area (Å²) < 4.78 is 5.60. The van der Waals surface area contributed by atoms with E-state index >= 15 is 0 Å². The van der Waals surface area contributed by atoms with Gasteiger partial charge in [-0.05, 0) is 42.9 Å². The van der Waals surface area contributed by atoms with E-state index in [-0.39, 0.29) is 11.5 Å². The van der Waals surface area contributed by atoms with E-state index in [1.807, 2.05) is 0 Å². The summed E-state index contributed by atoms with van der Waals surface area (Å²) >= 11 is 0. The average Bonchev–Trinajstić information content (AvgIpc) is 3.09. The van der Waals surface area contributed by atoms with Crippen molar-refractivity contribution in [3.63, 3.8) is 0 Å². The fourth-order valence-electron chi connectivity index (χ4n) is 2.97. The summed E-state index contributed by atoms with van der Waals surface area (Å²) in [5.41, 5.74) is 10.8. The molecule has 0 aromatic heterocycles. The molecule has 3 rings (SSSR count). The Bertz CT molecular complexity index is 407. The second-order valence-corrected chi connectivity index (χ2v) is 5.19. The minimum atomic E-state index is 0.251. The first kappa shape index (κ1) is 10.3. The fourth-order valence-corrected chi connectivity index (χ4v) is 2.97. The number of rotatable bonds is 2. The Morgan fingerprint density at radius 2 is 2.19 bits per heavy atom. The molecule has 0 radical (unpaired) electrons. The van der Waals surface area contributed by atoms with E-state index in [2.05, 4.69) is 25.1 Å². The average molecular weight is 217 g/mol. The van der Waals surface area contributed by atoms with E-state index in [9.17, 15) is 0 Å². The summed E-state index contributed by atoms with van der Waals surface area (Å²) in [6.45, 7) is 3.78. The van der Waals surface area contributed by atoms with Crippen molar-refractivity contribution in [2.75, 3.05) is 6.61 Å². The molecule has 1 aromatic rings. The predicted molar refractivity (Wildman–Crippen MR) is 64.4 cm³/mol. The van der Waals surface area contributed by atoms with Gasteiger partial charge in [-0.2, -0.15) is 0 Å². The third-order valence-corrected chi connectivity index (χ3v) is 4.23. The largest absolute Gasteiger partial charge is 0.376 e. The van der Waals surface area contributed by atoms with Crippen LogP contribution in [-0.2, 0) is 23.2 Å². The molecule has 2 aliphatic rings. The van der Waals surface area contributed by atoms with Crippen LogP contribution in [0.5, 0.6) is 0 Å². The number of ether oxygens (including phenoxy) is 1. The summed E-state index contributed by atoms with van der Waals surface area (Å²) in [5, 5.41) is 0. The van der Waals surface area contributed by atoms with Crippen molar-refractivity contribution in [1.82, 2.24) is 0 Å². The third-order valence-electron chi connectivity index (χ3n) is 4.23. The monoisotopic (exact) mass is 217 g/mol. The SMILES string of the molecule is CC(N)C1(c2cccc3c2COCC3)CC1. The molecular formula is C14H19NO. The van der Waals surface area contributed by atoms with E-state index in [0.717, 1.165) is 19.6 Å². The molecule has 2 N–H and O–H groups in total. The molecule has 2 heteroatoms. The summed E-state index contributed by atoms with van der Waals surface area (Å²) in [6.07, 6.45) is 3.53. The van der Waals surface area contributed by atoms with Gasteiger partial charge in [-0.15, -0.1) is 0 Å². The first-order valence-electron chi connectivity index (χ1n) is 6.18. The molecule has 1 atom stereocenters. The maximum Gasteiger partial charge on any atom is 0.0722 e. The summed E-state index contributed by atoms with van der Waals surface area (Å²) in [7, 11) is 0. The molecule has 1 saturated carbocycles. The topological polar surface area (TPSA) is 35.2 Å². The summed E-state index contributed by atoms with van der Waals surface area (Å²) in [4.78, 5) is 0. The second-order valence-electron chi connectivity index (χ2n) is 5.19. The van der Waals surface area contributed by atoms with Crippen LogP contribution in [0.3, 0.4) is 0 Å². The van der Waals surface area contributed by atoms with Crippen molar-refractivity contribution >= 4 is 0 Å². The van der Waals surface area contributed by atoms with Crippen molar-refractivity contribution in [2.45, 2.75) is 44.2 Å². The van der Waals surface area contributed by atoms with Crippen LogP contribution >= 0.6 is 0 Å². The molecule has 1 aromatic carbocycles. The van der Waals surface area contributed by atoms with Gasteiger partial charge >= 0.3 is 0 Å². The summed E-state index contributed by atoms with van der Waals surface area (Å²) in [5.74, 6) is 0. The molecule has 0 saturated heterocycles. The van der Waals surface area contributed by atoms with Crippen molar-refractivity contribution < 1.29 is 4.74 Å². The van der Waals surface area contributed by atoms with Crippen molar-refractivity contribution in [2.24, 2.45) is 5.73 Å². The molecule has 1 heterocycles. The number of nitrogens with two attached hydrogens (primary N) is 1. The molecule has 0 bridgehead atoms. The van der Waals surface area contributed by atoms with E-state index in [1.54, 1.807) is 0 Å². The van der Waals surface area contributed by atoms with E-state index in [4.69, 9.17) is 10.5 Å². The Morgan fingerprint density at radius 3 is 2.88 bits per heavy atom. The predicted octanol–water partition coefficient (Wildman–Crippen LogP) is 2.14. The van der Waals surface area contributed by atoms with Crippen LogP contribution in [0, 0.1) is 0 Å². The van der Waals surface area contributed by atoms with E-state index in [0.29, 0.717) is 0 Å². The number of benzene rings is 1. The standard InChI is InChI=1S/C14H19NO/c1-10(15)14(6-7-14)13-4-2-3-11-5-8-16-9-12(11)13/h2-4,10H,5-9,15H2,1H3. The van der Waals surface area contributed by atoms with Crippen LogP contribution in [0.2, 0.25) is 0 Å². The van der Waals surface area contributed by atoms with Crippen LogP contribution in [-0.4, -0.2) is 12.6 Å². The van der Waals surface area contributed by atoms with E-state index < -0.39 is 0 Å². The third kappa shape index (κ3) is 1.40. The molecule has 1 aliphatic heterocycles. The van der Waals surface area contributed by atoms with Crippen molar-refractivity contribution in [3.05, 3.63) is 34.9 Å². The lowest BCUT2D eigenvalue weighted by molar-refractivity contribution is 0.109. The number of fused-ring (bicyclic) bond motifs is 1. The molecule has 2 nitrogen and oxygen atoms in total. The smallest absolute Gasteiger partial charge is 0.0722 e. The van der Waals surface area contributed by atoms with Crippen LogP contribution in [0.25, 0.3) is 0 Å². The Morgan fingerprint density at radius 1 is 1.38 bits per heavy atom. The highest BCUT2D eigenvalue weighted by Crippen LogP contribution is 2.52. The lowest BCUT2D eigenvalue weighted by atomic mass is 9.83. The Hall–Kier alpha value is -0.860. The van der Waals surface area contributed by atoms with Crippen LogP contribution < -0.4 is 5.73 Å². The molecule has 0 spiro atoms. The van der Waals surface area contributed by atoms with Crippen molar-refractivity contribution in [3.8, 4) is 0 Å². The minimum Gasteiger partial charge on any atom is -0.376 e. The molecule has 1 fully saturated rings. The highest BCUT2D eigenvalue weighted by atomic mass is 16.5. The lowest BCUT2D eigenvalue weighted by Gasteiger charge is -2.27. The highest BCUT2D eigenvalue weighted by Gasteiger charge is 2.48. The molecule has 1 aliphatic carbocycles. The van der Waals surface area contributed by atoms with Gasteiger partial charge in [0.25, 0.3) is 0 Å². The van der Waals surface area contributed by atoms with Gasteiger partial charge in [0, 0.05) is 11.5 Å². The highest BCUT2D eigenvalue weighted by molar-refractivity contribution is 5.45. The maximum absolute atomic E-state index is 6.16. The van der Waals surface area contributed by atoms with Gasteiger partial charge in [-0.1, -0.05) is 18.2 Å². The summed E-state index contributed by atoms with van der Waals surface area (Å²) in [6, 6.07) is 6.92. The van der Waals surface area contributed by atoms with E-state index in [1.165, 1.54) is 29.5 Å². The molecular weight excluding hydrogens is 198 g/mol. The van der Waals surface area contributed by atoms with Gasteiger partial charge in [0.1, 0.15) is 0 Å². The zero-order valence-electron chi connectivity index (χ0n) is 9.83. The van der Waals surface area contributed by atoms with Gasteiger partial charge in [0.05, 0.1) is 13.2 Å². The first-order chi connectivity index (χ1) is 7.74. The Balaban J connectivity index is 2.08. The normalized spacial score (nSPS) is 23.6. The Labute approximate surface area is 96.8 Å². The number of hydrogen-bond acceptors (Lipinski definition) is 2. The lowest BCUT2D eigenvalue weighted by Crippen LogP contribution is -2.33. The van der Waals surface area contributed by atoms with Gasteiger partial charge in [-0.3, -0.25) is 0 Å². The van der Waals surface area contributed by atoms with Crippen LogP contribution in [0.1, 0.15) is 36.5 Å². The molecule has 1 unspecified atom stereocenters. The molecule has 16 heavy (non-hydrogen) atoms. The van der Waals surface area contributed by atoms with Gasteiger partial charge in [0.15, 0.2) is 0 Å². The Kier molecular flexibility index (Phi) is 2.30. The van der Waals surface area contributed by atoms with Gasteiger partial charge in [0.2, 0.25) is 0 Å². The van der Waals surface area contributed by atoms with Gasteiger partial charge < -0.3 is 10.5 Å². The van der Waals surface area contributed by atoms with Gasteiger partial charge in [-0.25, -0.2) is 0 Å². The zero-order valence-corrected chi connectivity index (χ0v) is 9.83. The van der Waals surface area contributed by atoms with Crippen LogP contribution in [0.4, 0.5) is 0 Å². The quantitative estimate of drug-likeness (QED) is 0.823. The molecule has 0 amide bonds. The maximum atomic E-state index is 6.16. The molecule has 86 valence electrons.